The van der Waals surface area contributed by atoms with E-state index in [0.717, 1.165) is 23.7 Å². The lowest BCUT2D eigenvalue weighted by atomic mass is 10.2. The van der Waals surface area contributed by atoms with Gasteiger partial charge >= 0.3 is 0 Å². The van der Waals surface area contributed by atoms with E-state index in [1.54, 1.807) is 9.58 Å². The Labute approximate surface area is 111 Å². The summed E-state index contributed by atoms with van der Waals surface area (Å²) in [5, 5.41) is 14.6. The molecule has 1 aromatic heterocycles. The van der Waals surface area contributed by atoms with Crippen molar-refractivity contribution in [3.63, 3.8) is 0 Å². The number of rotatable bonds is 2. The van der Waals surface area contributed by atoms with Gasteiger partial charge in [-0.05, 0) is 18.9 Å². The Kier molecular flexibility index (Phi) is 2.98. The lowest BCUT2D eigenvalue weighted by Gasteiger charge is -2.22. The van der Waals surface area contributed by atoms with Crippen LogP contribution in [0.5, 0.6) is 0 Å². The molecule has 2 heterocycles. The molecule has 100 valence electrons. The highest BCUT2D eigenvalue weighted by Crippen LogP contribution is 2.23. The van der Waals surface area contributed by atoms with Gasteiger partial charge in [0.1, 0.15) is 0 Å². The standard InChI is InChI=1S/C14H17N3O2/c1-16-12-7-3-2-6-11(12)13(15-16)14(19)17-8-4-5-10(17)9-18/h2-3,6-7,10,18H,4-5,8-9H2,1H3/t10-/m1/s1. The highest BCUT2D eigenvalue weighted by Gasteiger charge is 2.31. The van der Waals surface area contributed by atoms with E-state index in [9.17, 15) is 9.90 Å². The van der Waals surface area contributed by atoms with Crippen molar-refractivity contribution in [3.05, 3.63) is 30.0 Å². The van der Waals surface area contributed by atoms with E-state index >= 15 is 0 Å². The van der Waals surface area contributed by atoms with E-state index in [4.69, 9.17) is 0 Å². The van der Waals surface area contributed by atoms with Gasteiger partial charge in [0.05, 0.1) is 18.2 Å². The van der Waals surface area contributed by atoms with Crippen LogP contribution in [0.2, 0.25) is 0 Å². The van der Waals surface area contributed by atoms with Crippen molar-refractivity contribution in [1.29, 1.82) is 0 Å². The molecule has 0 unspecified atom stereocenters. The zero-order chi connectivity index (χ0) is 13.4. The van der Waals surface area contributed by atoms with E-state index in [1.165, 1.54) is 0 Å². The fourth-order valence-corrected chi connectivity index (χ4v) is 2.80. The number of aliphatic hydroxyl groups excluding tert-OH is 1. The Morgan fingerprint density at radius 1 is 1.47 bits per heavy atom. The maximum Gasteiger partial charge on any atom is 0.275 e. The Bertz CT molecular complexity index is 620. The molecule has 5 heteroatoms. The Morgan fingerprint density at radius 3 is 3.05 bits per heavy atom. The van der Waals surface area contributed by atoms with E-state index in [2.05, 4.69) is 5.10 Å². The van der Waals surface area contributed by atoms with Crippen LogP contribution < -0.4 is 0 Å². The summed E-state index contributed by atoms with van der Waals surface area (Å²) < 4.78 is 1.73. The van der Waals surface area contributed by atoms with Gasteiger partial charge in [-0.2, -0.15) is 5.10 Å². The van der Waals surface area contributed by atoms with Crippen LogP contribution in [-0.2, 0) is 7.05 Å². The molecule has 0 aliphatic carbocycles. The van der Waals surface area contributed by atoms with Crippen LogP contribution in [0.15, 0.2) is 24.3 Å². The number of fused-ring (bicyclic) bond motifs is 1. The van der Waals surface area contributed by atoms with Crippen LogP contribution in [0.25, 0.3) is 10.9 Å². The average molecular weight is 259 g/mol. The molecule has 3 rings (SSSR count). The second-order valence-corrected chi connectivity index (χ2v) is 4.97. The first-order valence-electron chi connectivity index (χ1n) is 6.56. The summed E-state index contributed by atoms with van der Waals surface area (Å²) in [6.07, 6.45) is 1.81. The van der Waals surface area contributed by atoms with Gasteiger partial charge < -0.3 is 10.0 Å². The van der Waals surface area contributed by atoms with Gasteiger partial charge in [-0.1, -0.05) is 18.2 Å². The molecule has 2 aromatic rings. The maximum absolute atomic E-state index is 12.6. The van der Waals surface area contributed by atoms with Gasteiger partial charge in [-0.3, -0.25) is 9.48 Å². The summed E-state index contributed by atoms with van der Waals surface area (Å²) in [7, 11) is 1.84. The van der Waals surface area contributed by atoms with Crippen molar-refractivity contribution in [2.75, 3.05) is 13.2 Å². The van der Waals surface area contributed by atoms with E-state index in [1.807, 2.05) is 31.3 Å². The summed E-state index contributed by atoms with van der Waals surface area (Å²) in [5.41, 5.74) is 1.43. The molecule has 1 aliphatic heterocycles. The lowest BCUT2D eigenvalue weighted by molar-refractivity contribution is 0.0673. The number of para-hydroxylation sites is 1. The minimum atomic E-state index is -0.0756. The number of hydrogen-bond donors (Lipinski definition) is 1. The largest absolute Gasteiger partial charge is 0.394 e. The minimum Gasteiger partial charge on any atom is -0.394 e. The number of nitrogens with zero attached hydrogens (tertiary/aromatic N) is 3. The average Bonchev–Trinajstić information content (AvgIpc) is 3.03. The molecule has 1 atom stereocenters. The number of amides is 1. The lowest BCUT2D eigenvalue weighted by Crippen LogP contribution is -2.37. The molecule has 0 bridgehead atoms. The molecule has 1 saturated heterocycles. The van der Waals surface area contributed by atoms with Gasteiger partial charge in [-0.25, -0.2) is 0 Å². The third-order valence-electron chi connectivity index (χ3n) is 3.81. The van der Waals surface area contributed by atoms with Crippen LogP contribution >= 0.6 is 0 Å². The van der Waals surface area contributed by atoms with Crippen LogP contribution in [0, 0.1) is 0 Å². The zero-order valence-corrected chi connectivity index (χ0v) is 10.9. The summed E-state index contributed by atoms with van der Waals surface area (Å²) in [5.74, 6) is -0.0756. The van der Waals surface area contributed by atoms with Crippen molar-refractivity contribution in [2.45, 2.75) is 18.9 Å². The normalized spacial score (nSPS) is 19.3. The number of carbonyl (C=O) groups is 1. The quantitative estimate of drug-likeness (QED) is 0.880. The molecule has 5 nitrogen and oxygen atoms in total. The van der Waals surface area contributed by atoms with Crippen molar-refractivity contribution < 1.29 is 9.90 Å². The summed E-state index contributed by atoms with van der Waals surface area (Å²) in [6.45, 7) is 0.728. The van der Waals surface area contributed by atoms with Crippen LogP contribution in [0.3, 0.4) is 0 Å². The minimum absolute atomic E-state index is 0.0243. The highest BCUT2D eigenvalue weighted by atomic mass is 16.3. The SMILES string of the molecule is Cn1nc(C(=O)N2CCC[C@@H]2CO)c2ccccc21. The van der Waals surface area contributed by atoms with Crippen molar-refractivity contribution >= 4 is 16.8 Å². The van der Waals surface area contributed by atoms with Gasteiger partial charge in [0, 0.05) is 19.0 Å². The summed E-state index contributed by atoms with van der Waals surface area (Å²) in [4.78, 5) is 14.3. The Hall–Kier alpha value is -1.88. The van der Waals surface area contributed by atoms with Gasteiger partial charge in [-0.15, -0.1) is 0 Å². The van der Waals surface area contributed by atoms with E-state index < -0.39 is 0 Å². The second-order valence-electron chi connectivity index (χ2n) is 4.97. The third kappa shape index (κ3) is 1.90. The smallest absolute Gasteiger partial charge is 0.275 e. The molecule has 0 spiro atoms. The Balaban J connectivity index is 2.02. The molecule has 1 N–H and O–H groups in total. The van der Waals surface area contributed by atoms with Crippen molar-refractivity contribution in [1.82, 2.24) is 14.7 Å². The topological polar surface area (TPSA) is 58.4 Å². The van der Waals surface area contributed by atoms with E-state index in [-0.39, 0.29) is 18.6 Å². The first-order chi connectivity index (χ1) is 9.22. The number of aryl methyl sites for hydroxylation is 1. The first-order valence-corrected chi connectivity index (χ1v) is 6.56. The maximum atomic E-state index is 12.6. The second kappa shape index (κ2) is 4.66. The molecule has 1 aromatic carbocycles. The van der Waals surface area contributed by atoms with Gasteiger partial charge in [0.15, 0.2) is 5.69 Å². The molecule has 1 aliphatic rings. The van der Waals surface area contributed by atoms with Crippen LogP contribution in [0.4, 0.5) is 0 Å². The van der Waals surface area contributed by atoms with Crippen molar-refractivity contribution in [2.24, 2.45) is 7.05 Å². The van der Waals surface area contributed by atoms with Crippen LogP contribution in [-0.4, -0.2) is 44.9 Å². The fraction of sp³-hybridized carbons (Fsp3) is 0.429. The van der Waals surface area contributed by atoms with Gasteiger partial charge in [0.2, 0.25) is 0 Å². The third-order valence-corrected chi connectivity index (χ3v) is 3.81. The Morgan fingerprint density at radius 2 is 2.26 bits per heavy atom. The van der Waals surface area contributed by atoms with Crippen LogP contribution in [0.1, 0.15) is 23.3 Å². The molecular weight excluding hydrogens is 242 g/mol. The molecule has 19 heavy (non-hydrogen) atoms. The number of likely N-dealkylation sites (tertiary alicyclic amines) is 1. The summed E-state index contributed by atoms with van der Waals surface area (Å²) in [6, 6.07) is 7.65. The summed E-state index contributed by atoms with van der Waals surface area (Å²) >= 11 is 0. The number of aromatic nitrogens is 2. The van der Waals surface area contributed by atoms with Crippen molar-refractivity contribution in [3.8, 4) is 0 Å². The first kappa shape index (κ1) is 12.2. The highest BCUT2D eigenvalue weighted by molar-refractivity contribution is 6.05. The number of carbonyl (C=O) groups excluding carboxylic acids is 1. The van der Waals surface area contributed by atoms with E-state index in [0.29, 0.717) is 12.2 Å². The monoisotopic (exact) mass is 259 g/mol. The fourth-order valence-electron chi connectivity index (χ4n) is 2.80. The molecule has 1 amide bonds. The number of aliphatic hydroxyl groups is 1. The number of benzene rings is 1. The predicted octanol–water partition coefficient (Wildman–Crippen LogP) is 1.17. The van der Waals surface area contributed by atoms with Gasteiger partial charge in [0.25, 0.3) is 5.91 Å². The molecule has 1 fully saturated rings. The zero-order valence-electron chi connectivity index (χ0n) is 10.9. The predicted molar refractivity (Wildman–Crippen MR) is 71.9 cm³/mol. The molecule has 0 radical (unpaired) electrons. The molecular formula is C14H17N3O2. The molecule has 0 saturated carbocycles. The number of hydrogen-bond acceptors (Lipinski definition) is 3.